The lowest BCUT2D eigenvalue weighted by atomic mass is 10.2. The van der Waals surface area contributed by atoms with Gasteiger partial charge in [-0.25, -0.2) is 0 Å². The van der Waals surface area contributed by atoms with Crippen LogP contribution in [0.1, 0.15) is 21.7 Å². The monoisotopic (exact) mass is 196 g/mol. The predicted octanol–water partition coefficient (Wildman–Crippen LogP) is -0.0243. The second kappa shape index (κ2) is 4.76. The van der Waals surface area contributed by atoms with E-state index < -0.39 is 0 Å². The van der Waals surface area contributed by atoms with Gasteiger partial charge in [0, 0.05) is 18.8 Å². The number of aromatic nitrogens is 2. The first-order valence-corrected chi connectivity index (χ1v) is 4.61. The Kier molecular flexibility index (Phi) is 3.64. The van der Waals surface area contributed by atoms with Gasteiger partial charge in [-0.2, -0.15) is 5.10 Å². The summed E-state index contributed by atoms with van der Waals surface area (Å²) in [4.78, 5) is 11.6. The summed E-state index contributed by atoms with van der Waals surface area (Å²) in [5.74, 6) is -0.0657. The van der Waals surface area contributed by atoms with Crippen LogP contribution < -0.4 is 10.6 Å². The molecular formula is C9H16N4O. The third-order valence-corrected chi connectivity index (χ3v) is 2.02. The zero-order valence-electron chi connectivity index (χ0n) is 8.77. The highest BCUT2D eigenvalue weighted by Crippen LogP contribution is 2.08. The highest BCUT2D eigenvalue weighted by molar-refractivity contribution is 5.96. The normalized spacial score (nSPS) is 10.2. The fourth-order valence-electron chi connectivity index (χ4n) is 1.27. The fourth-order valence-corrected chi connectivity index (χ4v) is 1.27. The van der Waals surface area contributed by atoms with Crippen molar-refractivity contribution < 1.29 is 4.79 Å². The van der Waals surface area contributed by atoms with E-state index >= 15 is 0 Å². The van der Waals surface area contributed by atoms with Crippen molar-refractivity contribution in [1.29, 1.82) is 0 Å². The van der Waals surface area contributed by atoms with Gasteiger partial charge in [0.1, 0.15) is 0 Å². The largest absolute Gasteiger partial charge is 0.351 e. The summed E-state index contributed by atoms with van der Waals surface area (Å²) in [5.41, 5.74) is 2.20. The number of rotatable bonds is 4. The van der Waals surface area contributed by atoms with Crippen molar-refractivity contribution >= 4 is 5.91 Å². The van der Waals surface area contributed by atoms with Crippen molar-refractivity contribution in [3.63, 3.8) is 0 Å². The molecule has 0 aliphatic heterocycles. The molecule has 0 atom stereocenters. The molecule has 1 amide bonds. The molecule has 0 unspecified atom stereocenters. The molecular weight excluding hydrogens is 180 g/mol. The van der Waals surface area contributed by atoms with Crippen molar-refractivity contribution in [3.8, 4) is 0 Å². The molecule has 3 N–H and O–H groups in total. The second-order valence-electron chi connectivity index (χ2n) is 3.17. The SMILES string of the molecule is CNCCNC(=O)c1c(C)n[nH]c1C. The van der Waals surface area contributed by atoms with Gasteiger partial charge < -0.3 is 10.6 Å². The van der Waals surface area contributed by atoms with Crippen LogP contribution in [0.5, 0.6) is 0 Å². The molecule has 14 heavy (non-hydrogen) atoms. The number of H-pyrrole nitrogens is 1. The minimum Gasteiger partial charge on any atom is -0.351 e. The molecule has 1 heterocycles. The van der Waals surface area contributed by atoms with Crippen molar-refractivity contribution in [2.45, 2.75) is 13.8 Å². The van der Waals surface area contributed by atoms with E-state index in [9.17, 15) is 4.79 Å². The molecule has 0 saturated carbocycles. The average molecular weight is 196 g/mol. The number of likely N-dealkylation sites (N-methyl/N-ethyl adjacent to an activating group) is 1. The van der Waals surface area contributed by atoms with Gasteiger partial charge in [0.05, 0.1) is 11.3 Å². The lowest BCUT2D eigenvalue weighted by Crippen LogP contribution is -2.30. The molecule has 0 aliphatic carbocycles. The Morgan fingerprint density at radius 2 is 2.14 bits per heavy atom. The van der Waals surface area contributed by atoms with E-state index in [-0.39, 0.29) is 5.91 Å². The molecule has 0 fully saturated rings. The van der Waals surface area contributed by atoms with Gasteiger partial charge in [-0.05, 0) is 20.9 Å². The molecule has 5 heteroatoms. The van der Waals surface area contributed by atoms with E-state index in [2.05, 4.69) is 20.8 Å². The number of amides is 1. The summed E-state index contributed by atoms with van der Waals surface area (Å²) in [5, 5.41) is 12.5. The van der Waals surface area contributed by atoms with Crippen LogP contribution in [0.15, 0.2) is 0 Å². The van der Waals surface area contributed by atoms with Gasteiger partial charge in [-0.3, -0.25) is 9.89 Å². The number of nitrogens with one attached hydrogen (secondary N) is 3. The van der Waals surface area contributed by atoms with E-state index in [1.807, 2.05) is 20.9 Å². The maximum atomic E-state index is 11.6. The minimum atomic E-state index is -0.0657. The number of hydrogen-bond donors (Lipinski definition) is 3. The van der Waals surface area contributed by atoms with Gasteiger partial charge in [-0.15, -0.1) is 0 Å². The summed E-state index contributed by atoms with van der Waals surface area (Å²) in [6.07, 6.45) is 0. The summed E-state index contributed by atoms with van der Waals surface area (Å²) in [6.45, 7) is 5.05. The molecule has 1 rings (SSSR count). The van der Waals surface area contributed by atoms with Gasteiger partial charge in [0.2, 0.25) is 0 Å². The topological polar surface area (TPSA) is 69.8 Å². The Morgan fingerprint density at radius 1 is 1.43 bits per heavy atom. The zero-order chi connectivity index (χ0) is 10.6. The lowest BCUT2D eigenvalue weighted by molar-refractivity contribution is 0.0953. The van der Waals surface area contributed by atoms with Gasteiger partial charge in [0.25, 0.3) is 5.91 Å². The minimum absolute atomic E-state index is 0.0657. The van der Waals surface area contributed by atoms with Crippen LogP contribution in [-0.4, -0.2) is 36.2 Å². The second-order valence-corrected chi connectivity index (χ2v) is 3.17. The standard InChI is InChI=1S/C9H16N4O/c1-6-8(7(2)13-12-6)9(14)11-5-4-10-3/h10H,4-5H2,1-3H3,(H,11,14)(H,12,13). The highest BCUT2D eigenvalue weighted by Gasteiger charge is 2.13. The van der Waals surface area contributed by atoms with Crippen LogP contribution in [0.2, 0.25) is 0 Å². The Morgan fingerprint density at radius 3 is 2.64 bits per heavy atom. The summed E-state index contributed by atoms with van der Waals surface area (Å²) in [6, 6.07) is 0. The van der Waals surface area contributed by atoms with E-state index in [4.69, 9.17) is 0 Å². The maximum absolute atomic E-state index is 11.6. The maximum Gasteiger partial charge on any atom is 0.255 e. The van der Waals surface area contributed by atoms with E-state index in [1.165, 1.54) is 0 Å². The zero-order valence-corrected chi connectivity index (χ0v) is 8.77. The molecule has 0 aliphatic rings. The lowest BCUT2D eigenvalue weighted by Gasteiger charge is -2.04. The van der Waals surface area contributed by atoms with Gasteiger partial charge in [0.15, 0.2) is 0 Å². The van der Waals surface area contributed by atoms with E-state index in [1.54, 1.807) is 0 Å². The smallest absolute Gasteiger partial charge is 0.255 e. The van der Waals surface area contributed by atoms with Gasteiger partial charge >= 0.3 is 0 Å². The highest BCUT2D eigenvalue weighted by atomic mass is 16.1. The third kappa shape index (κ3) is 2.32. The van der Waals surface area contributed by atoms with E-state index in [0.717, 1.165) is 17.9 Å². The summed E-state index contributed by atoms with van der Waals surface area (Å²) >= 11 is 0. The van der Waals surface area contributed by atoms with E-state index in [0.29, 0.717) is 12.1 Å². The Balaban J connectivity index is 2.60. The molecule has 78 valence electrons. The van der Waals surface area contributed by atoms with Crippen molar-refractivity contribution in [1.82, 2.24) is 20.8 Å². The van der Waals surface area contributed by atoms with Crippen LogP contribution in [0.25, 0.3) is 0 Å². The number of aromatic amines is 1. The summed E-state index contributed by atoms with van der Waals surface area (Å²) in [7, 11) is 1.85. The van der Waals surface area contributed by atoms with Crippen molar-refractivity contribution in [2.24, 2.45) is 0 Å². The molecule has 0 aromatic carbocycles. The van der Waals surface area contributed by atoms with Crippen molar-refractivity contribution in [3.05, 3.63) is 17.0 Å². The van der Waals surface area contributed by atoms with Crippen LogP contribution in [-0.2, 0) is 0 Å². The molecule has 1 aromatic rings. The molecule has 0 radical (unpaired) electrons. The molecule has 5 nitrogen and oxygen atoms in total. The molecule has 1 aromatic heterocycles. The predicted molar refractivity (Wildman–Crippen MR) is 54.3 cm³/mol. The quantitative estimate of drug-likeness (QED) is 0.592. The van der Waals surface area contributed by atoms with Crippen LogP contribution in [0.4, 0.5) is 0 Å². The van der Waals surface area contributed by atoms with Crippen LogP contribution in [0, 0.1) is 13.8 Å². The summed E-state index contributed by atoms with van der Waals surface area (Å²) < 4.78 is 0. The van der Waals surface area contributed by atoms with Crippen LogP contribution in [0.3, 0.4) is 0 Å². The number of carbonyl (C=O) groups excluding carboxylic acids is 1. The Labute approximate surface area is 83.3 Å². The molecule has 0 spiro atoms. The van der Waals surface area contributed by atoms with Gasteiger partial charge in [-0.1, -0.05) is 0 Å². The average Bonchev–Trinajstić information content (AvgIpc) is 2.46. The van der Waals surface area contributed by atoms with Crippen LogP contribution >= 0.6 is 0 Å². The first kappa shape index (κ1) is 10.7. The molecule has 0 saturated heterocycles. The van der Waals surface area contributed by atoms with Crippen molar-refractivity contribution in [2.75, 3.05) is 20.1 Å². The number of nitrogens with zero attached hydrogens (tertiary/aromatic N) is 1. The molecule has 0 bridgehead atoms. The Hall–Kier alpha value is -1.36. The first-order chi connectivity index (χ1) is 6.66. The number of aryl methyl sites for hydroxylation is 2. The number of hydrogen-bond acceptors (Lipinski definition) is 3. The Bertz CT molecular complexity index is 299. The number of carbonyl (C=O) groups is 1. The first-order valence-electron chi connectivity index (χ1n) is 4.61. The third-order valence-electron chi connectivity index (χ3n) is 2.02. The fraction of sp³-hybridized carbons (Fsp3) is 0.556.